The molecular formula is C29H34ClN3OS2. The molecule has 2 bridgehead atoms. The number of rotatable bonds is 7. The Balaban J connectivity index is 1.24. The number of benzene rings is 1. The van der Waals surface area contributed by atoms with E-state index >= 15 is 0 Å². The van der Waals surface area contributed by atoms with Crippen LogP contribution in [0.3, 0.4) is 0 Å². The van der Waals surface area contributed by atoms with E-state index in [0.29, 0.717) is 12.0 Å². The zero-order valence-electron chi connectivity index (χ0n) is 20.7. The van der Waals surface area contributed by atoms with Crippen LogP contribution in [-0.4, -0.2) is 50.7 Å². The molecule has 3 atom stereocenters. The first-order chi connectivity index (χ1) is 17.5. The molecule has 2 aromatic rings. The fourth-order valence-electron chi connectivity index (χ4n) is 6.73. The lowest BCUT2D eigenvalue weighted by Gasteiger charge is -2.30. The molecule has 36 heavy (non-hydrogen) atoms. The number of carbonyl (C=O) groups is 1. The molecule has 0 spiro atoms. The molecule has 4 aliphatic rings. The number of aryl methyl sites for hydroxylation is 1. The normalized spacial score (nSPS) is 27.6. The van der Waals surface area contributed by atoms with Gasteiger partial charge in [-0.1, -0.05) is 60.6 Å². The molecule has 2 aliphatic carbocycles. The van der Waals surface area contributed by atoms with Gasteiger partial charge in [0.05, 0.1) is 4.91 Å². The molecule has 4 fully saturated rings. The third-order valence-corrected chi connectivity index (χ3v) is 10.2. The van der Waals surface area contributed by atoms with Crippen molar-refractivity contribution in [2.75, 3.05) is 19.6 Å². The SMILES string of the molecule is O=C1/C(=C/c2[nH]c(-c3ccc(Cl)cc3)cc2CCCN2CCCCC2)SC(=S)N1C1CC2CCC1C2. The summed E-state index contributed by atoms with van der Waals surface area (Å²) in [5.41, 5.74) is 4.47. The Morgan fingerprint density at radius 1 is 1.11 bits per heavy atom. The number of nitrogens with one attached hydrogen (secondary N) is 1. The quantitative estimate of drug-likeness (QED) is 0.300. The lowest BCUT2D eigenvalue weighted by Crippen LogP contribution is -2.41. The van der Waals surface area contributed by atoms with Gasteiger partial charge < -0.3 is 9.88 Å². The highest BCUT2D eigenvalue weighted by Crippen LogP contribution is 2.49. The second kappa shape index (κ2) is 10.6. The number of hydrogen-bond donors (Lipinski definition) is 1. The molecule has 3 heterocycles. The number of aromatic amines is 1. The Bertz CT molecular complexity index is 1170. The van der Waals surface area contributed by atoms with Crippen LogP contribution in [0, 0.1) is 11.8 Å². The second-order valence-corrected chi connectivity index (χ2v) is 13.0. The molecule has 1 amide bonds. The molecule has 2 saturated heterocycles. The molecule has 4 nitrogen and oxygen atoms in total. The van der Waals surface area contributed by atoms with Gasteiger partial charge in [-0.15, -0.1) is 0 Å². The minimum absolute atomic E-state index is 0.101. The summed E-state index contributed by atoms with van der Waals surface area (Å²) in [6, 6.07) is 10.5. The van der Waals surface area contributed by atoms with E-state index in [4.69, 9.17) is 23.8 Å². The molecule has 0 radical (unpaired) electrons. The van der Waals surface area contributed by atoms with Gasteiger partial charge in [0.2, 0.25) is 0 Å². The van der Waals surface area contributed by atoms with Crippen molar-refractivity contribution in [1.82, 2.24) is 14.8 Å². The number of nitrogens with zero attached hydrogens (tertiary/aromatic N) is 2. The molecule has 7 heteroatoms. The van der Waals surface area contributed by atoms with Crippen molar-refractivity contribution in [2.24, 2.45) is 11.8 Å². The van der Waals surface area contributed by atoms with Crippen molar-refractivity contribution in [3.8, 4) is 11.3 Å². The standard InChI is InChI=1S/C29H34ClN3OS2/c30-23-10-8-20(9-11-23)24-17-21(5-4-14-32-12-2-1-3-13-32)25(31-24)18-27-28(34)33(29(35)36-27)26-16-19-6-7-22(26)15-19/h8-11,17-19,22,26,31H,1-7,12-16H2/b27-18-. The number of piperidine rings is 1. The Kier molecular flexibility index (Phi) is 7.31. The summed E-state index contributed by atoms with van der Waals surface area (Å²) in [6.07, 6.45) is 13.1. The van der Waals surface area contributed by atoms with Gasteiger partial charge in [-0.3, -0.25) is 9.69 Å². The second-order valence-electron chi connectivity index (χ2n) is 10.9. The highest BCUT2D eigenvalue weighted by Gasteiger charge is 2.48. The third kappa shape index (κ3) is 5.07. The minimum atomic E-state index is 0.101. The molecule has 2 aliphatic heterocycles. The summed E-state index contributed by atoms with van der Waals surface area (Å²) < 4.78 is 0.736. The zero-order chi connectivity index (χ0) is 24.6. The van der Waals surface area contributed by atoms with Crippen LogP contribution in [0.5, 0.6) is 0 Å². The first-order valence-corrected chi connectivity index (χ1v) is 15.1. The number of aromatic nitrogens is 1. The molecule has 1 aromatic heterocycles. The van der Waals surface area contributed by atoms with Gasteiger partial charge >= 0.3 is 0 Å². The Morgan fingerprint density at radius 2 is 1.92 bits per heavy atom. The highest BCUT2D eigenvalue weighted by atomic mass is 35.5. The van der Waals surface area contributed by atoms with E-state index in [9.17, 15) is 4.79 Å². The predicted octanol–water partition coefficient (Wildman–Crippen LogP) is 7.14. The smallest absolute Gasteiger partial charge is 0.266 e. The number of thioether (sulfide) groups is 1. The van der Waals surface area contributed by atoms with E-state index in [0.717, 1.165) is 62.9 Å². The third-order valence-electron chi connectivity index (χ3n) is 8.59. The van der Waals surface area contributed by atoms with E-state index in [1.54, 1.807) is 0 Å². The number of carbonyl (C=O) groups excluding carboxylic acids is 1. The topological polar surface area (TPSA) is 39.3 Å². The Labute approximate surface area is 228 Å². The summed E-state index contributed by atoms with van der Waals surface area (Å²) in [4.78, 5) is 22.5. The van der Waals surface area contributed by atoms with E-state index in [-0.39, 0.29) is 5.91 Å². The molecular weight excluding hydrogens is 506 g/mol. The van der Waals surface area contributed by atoms with Crippen LogP contribution in [0.4, 0.5) is 0 Å². The number of fused-ring (bicyclic) bond motifs is 2. The van der Waals surface area contributed by atoms with Crippen LogP contribution in [0.1, 0.15) is 62.6 Å². The lowest BCUT2D eigenvalue weighted by atomic mass is 9.94. The van der Waals surface area contributed by atoms with Crippen LogP contribution in [-0.2, 0) is 11.2 Å². The van der Waals surface area contributed by atoms with Crippen molar-refractivity contribution in [2.45, 2.75) is 63.8 Å². The summed E-state index contributed by atoms with van der Waals surface area (Å²) in [5.74, 6) is 1.51. The van der Waals surface area contributed by atoms with Crippen LogP contribution >= 0.6 is 35.6 Å². The van der Waals surface area contributed by atoms with Crippen molar-refractivity contribution in [3.05, 3.63) is 51.5 Å². The van der Waals surface area contributed by atoms with Crippen molar-refractivity contribution in [1.29, 1.82) is 0 Å². The number of hydrogen-bond acceptors (Lipinski definition) is 4. The largest absolute Gasteiger partial charge is 0.355 e. The fraction of sp³-hybridized carbons (Fsp3) is 0.517. The van der Waals surface area contributed by atoms with Crippen LogP contribution in [0.25, 0.3) is 17.3 Å². The molecule has 3 unspecified atom stereocenters. The Morgan fingerprint density at radius 3 is 2.64 bits per heavy atom. The molecule has 190 valence electrons. The van der Waals surface area contributed by atoms with Crippen LogP contribution in [0.15, 0.2) is 35.2 Å². The van der Waals surface area contributed by atoms with Gasteiger partial charge in [-0.05, 0) is 112 Å². The summed E-state index contributed by atoms with van der Waals surface area (Å²) in [7, 11) is 0. The maximum atomic E-state index is 13.5. The van der Waals surface area contributed by atoms with Crippen LogP contribution in [0.2, 0.25) is 5.02 Å². The number of amides is 1. The zero-order valence-corrected chi connectivity index (χ0v) is 23.1. The van der Waals surface area contributed by atoms with Crippen molar-refractivity contribution < 1.29 is 4.79 Å². The maximum absolute atomic E-state index is 13.5. The molecule has 1 aromatic carbocycles. The number of H-pyrrole nitrogens is 1. The van der Waals surface area contributed by atoms with E-state index in [2.05, 4.69) is 22.0 Å². The minimum Gasteiger partial charge on any atom is -0.355 e. The molecule has 6 rings (SSSR count). The Hall–Kier alpha value is -1.60. The van der Waals surface area contributed by atoms with Gasteiger partial charge in [0.15, 0.2) is 0 Å². The number of thiocarbonyl (C=S) groups is 1. The highest BCUT2D eigenvalue weighted by molar-refractivity contribution is 8.26. The van der Waals surface area contributed by atoms with Gasteiger partial charge in [-0.25, -0.2) is 0 Å². The molecule has 2 saturated carbocycles. The summed E-state index contributed by atoms with van der Waals surface area (Å²) in [6.45, 7) is 3.58. The first-order valence-electron chi connectivity index (χ1n) is 13.5. The van der Waals surface area contributed by atoms with Gasteiger partial charge in [-0.2, -0.15) is 0 Å². The van der Waals surface area contributed by atoms with E-state index in [1.807, 2.05) is 29.2 Å². The average Bonchev–Trinajstić information content (AvgIpc) is 3.66. The van der Waals surface area contributed by atoms with Crippen molar-refractivity contribution >= 4 is 51.9 Å². The van der Waals surface area contributed by atoms with E-state index in [1.165, 1.54) is 68.9 Å². The van der Waals surface area contributed by atoms with Crippen molar-refractivity contribution in [3.63, 3.8) is 0 Å². The lowest BCUT2D eigenvalue weighted by molar-refractivity contribution is -0.124. The number of likely N-dealkylation sites (tertiary alicyclic amines) is 1. The first kappa shape index (κ1) is 24.7. The summed E-state index contributed by atoms with van der Waals surface area (Å²) in [5, 5.41) is 0.733. The fourth-order valence-corrected chi connectivity index (χ4v) is 8.22. The van der Waals surface area contributed by atoms with E-state index < -0.39 is 0 Å². The van der Waals surface area contributed by atoms with Gasteiger partial charge in [0, 0.05) is 22.5 Å². The van der Waals surface area contributed by atoms with Gasteiger partial charge in [0.1, 0.15) is 4.32 Å². The number of halogens is 1. The molecule has 1 N–H and O–H groups in total. The average molecular weight is 540 g/mol. The maximum Gasteiger partial charge on any atom is 0.266 e. The predicted molar refractivity (Wildman–Crippen MR) is 154 cm³/mol. The monoisotopic (exact) mass is 539 g/mol. The van der Waals surface area contributed by atoms with Gasteiger partial charge in [0.25, 0.3) is 5.91 Å². The van der Waals surface area contributed by atoms with Crippen LogP contribution < -0.4 is 0 Å². The summed E-state index contributed by atoms with van der Waals surface area (Å²) >= 11 is 13.3.